The largest absolute Gasteiger partial charge is 0.459 e. The van der Waals surface area contributed by atoms with Crippen LogP contribution in [0.15, 0.2) is 158 Å². The molecule has 0 spiro atoms. The molecule has 0 bridgehead atoms. The summed E-state index contributed by atoms with van der Waals surface area (Å²) < 4.78 is 37.8. The Bertz CT molecular complexity index is 2820. The van der Waals surface area contributed by atoms with E-state index in [1.54, 1.807) is 84.9 Å². The molecule has 68 heavy (non-hydrogen) atoms. The van der Waals surface area contributed by atoms with Crippen LogP contribution in [0.4, 0.5) is 0 Å². The van der Waals surface area contributed by atoms with Crippen LogP contribution in [0.25, 0.3) is 11.1 Å². The van der Waals surface area contributed by atoms with E-state index in [0.717, 1.165) is 22.3 Å². The zero-order chi connectivity index (χ0) is 47.6. The summed E-state index contributed by atoms with van der Waals surface area (Å²) in [5.74, 6) is -3.35. The minimum atomic E-state index is -1.61. The van der Waals surface area contributed by atoms with Crippen LogP contribution in [0.5, 0.6) is 0 Å². The molecule has 0 amide bonds. The summed E-state index contributed by atoms with van der Waals surface area (Å²) in [6.45, 7) is 5.57. The number of carbonyl (C=O) groups is 5. The molecule has 1 fully saturated rings. The van der Waals surface area contributed by atoms with Gasteiger partial charge in [-0.2, -0.15) is 0 Å². The van der Waals surface area contributed by atoms with Crippen LogP contribution in [0.1, 0.15) is 96.2 Å². The molecule has 2 aliphatic carbocycles. The van der Waals surface area contributed by atoms with Crippen LogP contribution in [0.2, 0.25) is 0 Å². The summed E-state index contributed by atoms with van der Waals surface area (Å²) in [5.41, 5.74) is 6.50. The number of carbonyl (C=O) groups excluding carboxylic acids is 5. The maximum atomic E-state index is 14.0. The zero-order valence-electron chi connectivity index (χ0n) is 37.6. The minimum absolute atomic E-state index is 0.0959. The Hall–Kier alpha value is -7.97. The quantitative estimate of drug-likeness (QED) is 0.0665. The second kappa shape index (κ2) is 21.6. The van der Waals surface area contributed by atoms with E-state index in [1.807, 2.05) is 0 Å². The molecule has 3 aliphatic rings. The van der Waals surface area contributed by atoms with Crippen LogP contribution in [-0.4, -0.2) is 75.9 Å². The number of benzene rings is 4. The third kappa shape index (κ3) is 11.2. The topological polar surface area (TPSA) is 171 Å². The highest BCUT2D eigenvalue weighted by Gasteiger charge is 2.54. The second-order valence-corrected chi connectivity index (χ2v) is 16.6. The first-order valence-electron chi connectivity index (χ1n) is 22.3. The van der Waals surface area contributed by atoms with Gasteiger partial charge in [-0.3, -0.25) is 4.79 Å². The van der Waals surface area contributed by atoms with E-state index in [2.05, 4.69) is 61.4 Å². The fraction of sp³-hybridized carbons (Fsp3) is 0.241. The molecule has 1 aliphatic heterocycles. The monoisotopic (exact) mass is 915 g/mol. The van der Waals surface area contributed by atoms with Crippen molar-refractivity contribution in [3.63, 3.8) is 0 Å². The molecular formula is C54H49N3O11. The Morgan fingerprint density at radius 2 is 1.13 bits per heavy atom. The van der Waals surface area contributed by atoms with Crippen LogP contribution in [0, 0.1) is 6.92 Å². The van der Waals surface area contributed by atoms with E-state index in [0.29, 0.717) is 12.3 Å². The average Bonchev–Trinajstić information content (AvgIpc) is 3.94. The molecular weight excluding hydrogens is 867 g/mol. The second-order valence-electron chi connectivity index (χ2n) is 16.6. The molecule has 14 heteroatoms. The van der Waals surface area contributed by atoms with E-state index in [-0.39, 0.29) is 41.0 Å². The van der Waals surface area contributed by atoms with E-state index >= 15 is 0 Å². The lowest BCUT2D eigenvalue weighted by Crippen LogP contribution is -2.61. The standard InChI is InChI=1S/C54H49N3O11/c1-34(2)41-26-25-36(43-28-24-35(3)44(43)30-41)27-29-46(58)63-32-42-31-57(56-55-42)50-49(68-54(62)40-22-14-7-15-23-40)48(67-53(61)39-20-12-6-13-21-39)47(66-52(60)38-18-10-5-11-19-38)45(65-50)33-64-51(59)37-16-8-4-9-17-37/h4-26,28,30-31,34,45,47-50H,27,29,32-33H2,1-3H3/t45-,47-,48+,49+,50+/m1/s1. The molecule has 346 valence electrons. The third-order valence-electron chi connectivity index (χ3n) is 11.6. The van der Waals surface area contributed by atoms with Crippen molar-refractivity contribution in [1.29, 1.82) is 0 Å². The van der Waals surface area contributed by atoms with Crippen molar-refractivity contribution < 1.29 is 52.4 Å². The number of aromatic nitrogens is 3. The van der Waals surface area contributed by atoms with Crippen molar-refractivity contribution >= 4 is 29.8 Å². The summed E-state index contributed by atoms with van der Waals surface area (Å²) in [5, 5.41) is 8.54. The van der Waals surface area contributed by atoms with Crippen molar-refractivity contribution in [3.8, 4) is 11.1 Å². The lowest BCUT2D eigenvalue weighted by atomic mass is 9.96. The maximum absolute atomic E-state index is 14.0. The predicted octanol–water partition coefficient (Wildman–Crippen LogP) is 8.92. The van der Waals surface area contributed by atoms with E-state index in [1.165, 1.54) is 52.8 Å². The molecule has 2 heterocycles. The highest BCUT2D eigenvalue weighted by Crippen LogP contribution is 2.37. The van der Waals surface area contributed by atoms with Crippen LogP contribution in [-0.2, 0) is 46.2 Å². The van der Waals surface area contributed by atoms with Crippen molar-refractivity contribution in [2.45, 2.75) is 76.8 Å². The first kappa shape index (κ1) is 46.6. The maximum Gasteiger partial charge on any atom is 0.338 e. The van der Waals surface area contributed by atoms with Crippen molar-refractivity contribution in [2.75, 3.05) is 6.61 Å². The molecule has 14 nitrogen and oxygen atoms in total. The molecule has 5 aromatic rings. The summed E-state index contributed by atoms with van der Waals surface area (Å²) in [7, 11) is 0. The van der Waals surface area contributed by atoms with E-state index in [4.69, 9.17) is 28.4 Å². The van der Waals surface area contributed by atoms with E-state index < -0.39 is 67.1 Å². The summed E-state index contributed by atoms with van der Waals surface area (Å²) in [6.07, 6.45) is -5.58. The average molecular weight is 916 g/mol. The van der Waals surface area contributed by atoms with Gasteiger partial charge in [0.2, 0.25) is 0 Å². The fourth-order valence-corrected chi connectivity index (χ4v) is 7.87. The lowest BCUT2D eigenvalue weighted by Gasteiger charge is -2.44. The van der Waals surface area contributed by atoms with Crippen LogP contribution < -0.4 is 0 Å². The zero-order valence-corrected chi connectivity index (χ0v) is 37.6. The van der Waals surface area contributed by atoms with Gasteiger partial charge in [0.15, 0.2) is 24.5 Å². The van der Waals surface area contributed by atoms with Gasteiger partial charge in [0.25, 0.3) is 0 Å². The smallest absolute Gasteiger partial charge is 0.338 e. The predicted molar refractivity (Wildman–Crippen MR) is 248 cm³/mol. The number of rotatable bonds is 16. The summed E-state index contributed by atoms with van der Waals surface area (Å²) in [4.78, 5) is 68.5. The molecule has 4 aromatic carbocycles. The highest BCUT2D eigenvalue weighted by atomic mass is 16.7. The molecule has 0 radical (unpaired) electrons. The molecule has 1 aromatic heterocycles. The number of fused-ring (bicyclic) bond motifs is 1. The van der Waals surface area contributed by atoms with Gasteiger partial charge in [-0.15, -0.1) is 5.10 Å². The fourth-order valence-electron chi connectivity index (χ4n) is 7.87. The molecule has 5 atom stereocenters. The van der Waals surface area contributed by atoms with Gasteiger partial charge in [-0.1, -0.05) is 122 Å². The van der Waals surface area contributed by atoms with Gasteiger partial charge in [-0.25, -0.2) is 23.9 Å². The number of ether oxygens (including phenoxy) is 6. The number of nitrogens with zero attached hydrogens (tertiary/aromatic N) is 3. The number of hydrogen-bond acceptors (Lipinski definition) is 13. The van der Waals surface area contributed by atoms with Gasteiger partial charge in [0, 0.05) is 6.42 Å². The first-order chi connectivity index (χ1) is 33.0. The van der Waals surface area contributed by atoms with Crippen molar-refractivity contribution in [3.05, 3.63) is 202 Å². The van der Waals surface area contributed by atoms with Crippen LogP contribution in [0.3, 0.4) is 0 Å². The van der Waals surface area contributed by atoms with Gasteiger partial charge >= 0.3 is 29.8 Å². The van der Waals surface area contributed by atoms with Crippen molar-refractivity contribution in [1.82, 2.24) is 15.0 Å². The normalized spacial score (nSPS) is 17.8. The Balaban J connectivity index is 1.10. The highest BCUT2D eigenvalue weighted by molar-refractivity contribution is 5.91. The number of hydrogen-bond donors (Lipinski definition) is 0. The molecule has 1 saturated heterocycles. The van der Waals surface area contributed by atoms with Gasteiger partial charge < -0.3 is 28.4 Å². The lowest BCUT2D eigenvalue weighted by molar-refractivity contribution is -0.252. The van der Waals surface area contributed by atoms with Gasteiger partial charge in [0.1, 0.15) is 25.0 Å². The first-order valence-corrected chi connectivity index (χ1v) is 22.3. The SMILES string of the molecule is Cc1ccc2c(CCC(=O)OCc3cn([C@H]4O[C@H](COC(=O)c5ccccc5)[C@@H](OC(=O)c5ccccc5)[C@H](OC(=O)c5ccccc5)[C@@H]4OC(=O)c4ccccc4)nn3)ccc(C(C)C)cc1-2. The Morgan fingerprint density at radius 1 is 0.603 bits per heavy atom. The number of aryl methyl sites for hydroxylation is 2. The Morgan fingerprint density at radius 3 is 1.69 bits per heavy atom. The molecule has 0 saturated carbocycles. The minimum Gasteiger partial charge on any atom is -0.459 e. The van der Waals surface area contributed by atoms with Gasteiger partial charge in [-0.05, 0) is 95.6 Å². The molecule has 8 rings (SSSR count). The van der Waals surface area contributed by atoms with Crippen LogP contribution >= 0.6 is 0 Å². The summed E-state index contributed by atoms with van der Waals surface area (Å²) in [6, 6.07) is 43.0. The summed E-state index contributed by atoms with van der Waals surface area (Å²) >= 11 is 0. The molecule has 0 unspecified atom stereocenters. The Kier molecular flexibility index (Phi) is 14.8. The Labute approximate surface area is 393 Å². The third-order valence-corrected chi connectivity index (χ3v) is 11.6. The van der Waals surface area contributed by atoms with E-state index in [9.17, 15) is 24.0 Å². The molecule has 0 N–H and O–H groups in total. The van der Waals surface area contributed by atoms with Gasteiger partial charge in [0.05, 0.1) is 28.5 Å². The van der Waals surface area contributed by atoms with Crippen molar-refractivity contribution in [2.24, 2.45) is 0 Å². The number of esters is 5.